The van der Waals surface area contributed by atoms with Crippen molar-refractivity contribution in [2.45, 2.75) is 13.8 Å². The normalized spacial score (nSPS) is 14.6. The Hall–Kier alpha value is -1.90. The molecule has 3 nitrogen and oxygen atoms in total. The van der Waals surface area contributed by atoms with Crippen molar-refractivity contribution in [1.82, 2.24) is 0 Å². The fourth-order valence-electron chi connectivity index (χ4n) is 1.89. The van der Waals surface area contributed by atoms with Crippen LogP contribution < -0.4 is 4.74 Å². The van der Waals surface area contributed by atoms with Crippen LogP contribution in [0.4, 0.5) is 0 Å². The molecule has 0 spiro atoms. The fraction of sp³-hybridized carbons (Fsp3) is 0.231. The zero-order valence-corrected chi connectivity index (χ0v) is 9.46. The maximum absolute atomic E-state index is 11.9. The summed E-state index contributed by atoms with van der Waals surface area (Å²) < 4.78 is 5.15. The summed E-state index contributed by atoms with van der Waals surface area (Å²) in [5.41, 5.74) is 2.21. The SMILES string of the molecule is COc1cc(C)cc2c1C(=O)C=C(C)C2=O. The highest BCUT2D eigenvalue weighted by Crippen LogP contribution is 2.30. The average molecular weight is 216 g/mol. The van der Waals surface area contributed by atoms with Crippen molar-refractivity contribution < 1.29 is 14.3 Å². The molecule has 3 heteroatoms. The van der Waals surface area contributed by atoms with Gasteiger partial charge in [-0.25, -0.2) is 0 Å². The lowest BCUT2D eigenvalue weighted by Gasteiger charge is -2.16. The van der Waals surface area contributed by atoms with E-state index in [1.165, 1.54) is 13.2 Å². The Balaban J connectivity index is 2.76. The molecule has 16 heavy (non-hydrogen) atoms. The highest BCUT2D eigenvalue weighted by Gasteiger charge is 2.26. The van der Waals surface area contributed by atoms with Crippen LogP contribution in [0.5, 0.6) is 5.75 Å². The standard InChI is InChI=1S/C13H12O3/c1-7-4-9-12(11(5-7)16-3)10(14)6-8(2)13(9)15/h4-6H,1-3H3. The number of Topliss-reactive ketones (excluding diaryl/α,β-unsaturated/α-hetero) is 1. The van der Waals surface area contributed by atoms with E-state index in [2.05, 4.69) is 0 Å². The summed E-state index contributed by atoms with van der Waals surface area (Å²) in [6.45, 7) is 3.52. The van der Waals surface area contributed by atoms with Gasteiger partial charge in [0.05, 0.1) is 12.7 Å². The zero-order chi connectivity index (χ0) is 11.9. The third kappa shape index (κ3) is 1.45. The van der Waals surface area contributed by atoms with Gasteiger partial charge in [0.2, 0.25) is 0 Å². The first-order valence-electron chi connectivity index (χ1n) is 5.00. The zero-order valence-electron chi connectivity index (χ0n) is 9.46. The first-order valence-corrected chi connectivity index (χ1v) is 5.00. The second-order valence-electron chi connectivity index (χ2n) is 3.91. The van der Waals surface area contributed by atoms with E-state index in [0.29, 0.717) is 22.4 Å². The molecule has 1 aliphatic rings. The number of fused-ring (bicyclic) bond motifs is 1. The van der Waals surface area contributed by atoms with Crippen LogP contribution >= 0.6 is 0 Å². The van der Waals surface area contributed by atoms with E-state index >= 15 is 0 Å². The van der Waals surface area contributed by atoms with E-state index in [1.807, 2.05) is 6.92 Å². The molecule has 0 amide bonds. The Bertz CT molecular complexity index is 524. The second-order valence-corrected chi connectivity index (χ2v) is 3.91. The minimum absolute atomic E-state index is 0.100. The molecule has 0 fully saturated rings. The van der Waals surface area contributed by atoms with Crippen LogP contribution in [0.1, 0.15) is 33.2 Å². The number of carbonyl (C=O) groups excluding carboxylic acids is 2. The van der Waals surface area contributed by atoms with Crippen molar-refractivity contribution in [3.63, 3.8) is 0 Å². The molecule has 0 aromatic heterocycles. The highest BCUT2D eigenvalue weighted by molar-refractivity contribution is 6.25. The Kier molecular flexibility index (Phi) is 2.38. The summed E-state index contributed by atoms with van der Waals surface area (Å²) in [6.07, 6.45) is 1.36. The summed E-state index contributed by atoms with van der Waals surface area (Å²) in [4.78, 5) is 23.7. The lowest BCUT2D eigenvalue weighted by molar-refractivity contribution is 0.0982. The van der Waals surface area contributed by atoms with Gasteiger partial charge < -0.3 is 4.74 Å². The largest absolute Gasteiger partial charge is 0.496 e. The van der Waals surface area contributed by atoms with Crippen molar-refractivity contribution in [3.8, 4) is 5.75 Å². The van der Waals surface area contributed by atoms with Gasteiger partial charge in [-0.15, -0.1) is 0 Å². The number of methoxy groups -OCH3 is 1. The van der Waals surface area contributed by atoms with E-state index in [4.69, 9.17) is 4.74 Å². The van der Waals surface area contributed by atoms with Crippen molar-refractivity contribution in [2.24, 2.45) is 0 Å². The third-order valence-corrected chi connectivity index (χ3v) is 2.66. The van der Waals surface area contributed by atoms with Gasteiger partial charge in [-0.1, -0.05) is 0 Å². The minimum Gasteiger partial charge on any atom is -0.496 e. The monoisotopic (exact) mass is 216 g/mol. The fourth-order valence-corrected chi connectivity index (χ4v) is 1.89. The molecule has 2 rings (SSSR count). The van der Waals surface area contributed by atoms with Gasteiger partial charge in [-0.3, -0.25) is 9.59 Å². The van der Waals surface area contributed by atoms with Crippen molar-refractivity contribution in [1.29, 1.82) is 0 Å². The van der Waals surface area contributed by atoms with E-state index in [0.717, 1.165) is 5.56 Å². The lowest BCUT2D eigenvalue weighted by atomic mass is 9.88. The maximum atomic E-state index is 11.9. The smallest absolute Gasteiger partial charge is 0.190 e. The molecule has 1 aliphatic carbocycles. The van der Waals surface area contributed by atoms with Crippen LogP contribution in [0.25, 0.3) is 0 Å². The first-order chi connectivity index (χ1) is 7.54. The molecule has 0 aliphatic heterocycles. The number of rotatable bonds is 1. The van der Waals surface area contributed by atoms with Gasteiger partial charge in [0.1, 0.15) is 5.75 Å². The Morgan fingerprint density at radius 1 is 1.12 bits per heavy atom. The van der Waals surface area contributed by atoms with Crippen molar-refractivity contribution in [2.75, 3.05) is 7.11 Å². The summed E-state index contributed by atoms with van der Waals surface area (Å²) >= 11 is 0. The number of allylic oxidation sites excluding steroid dienone is 2. The van der Waals surface area contributed by atoms with Crippen molar-refractivity contribution >= 4 is 11.6 Å². The van der Waals surface area contributed by atoms with Gasteiger partial charge in [0, 0.05) is 11.1 Å². The third-order valence-electron chi connectivity index (χ3n) is 2.66. The molecule has 0 radical (unpaired) electrons. The number of hydrogen-bond donors (Lipinski definition) is 0. The van der Waals surface area contributed by atoms with Crippen LogP contribution in [0, 0.1) is 6.92 Å². The van der Waals surface area contributed by atoms with Crippen LogP contribution in [-0.4, -0.2) is 18.7 Å². The predicted octanol–water partition coefficient (Wildman–Crippen LogP) is 2.33. The maximum Gasteiger partial charge on any atom is 0.190 e. The van der Waals surface area contributed by atoms with E-state index in [9.17, 15) is 9.59 Å². The Morgan fingerprint density at radius 2 is 1.81 bits per heavy atom. The number of hydrogen-bond acceptors (Lipinski definition) is 3. The lowest BCUT2D eigenvalue weighted by Crippen LogP contribution is -2.17. The number of ketones is 2. The van der Waals surface area contributed by atoms with E-state index in [1.54, 1.807) is 19.1 Å². The Labute approximate surface area is 93.7 Å². The molecule has 0 heterocycles. The van der Waals surface area contributed by atoms with Crippen LogP contribution in [0.3, 0.4) is 0 Å². The number of carbonyl (C=O) groups is 2. The average Bonchev–Trinajstić information content (AvgIpc) is 2.24. The Morgan fingerprint density at radius 3 is 2.44 bits per heavy atom. The molecule has 0 saturated heterocycles. The molecular weight excluding hydrogens is 204 g/mol. The molecule has 0 atom stereocenters. The van der Waals surface area contributed by atoms with Crippen LogP contribution in [0.15, 0.2) is 23.8 Å². The molecule has 0 unspecified atom stereocenters. The topological polar surface area (TPSA) is 43.4 Å². The minimum atomic E-state index is -0.163. The summed E-state index contributed by atoms with van der Waals surface area (Å²) in [5, 5.41) is 0. The van der Waals surface area contributed by atoms with Crippen LogP contribution in [0.2, 0.25) is 0 Å². The van der Waals surface area contributed by atoms with Gasteiger partial charge in [0.25, 0.3) is 0 Å². The van der Waals surface area contributed by atoms with Gasteiger partial charge in [-0.2, -0.15) is 0 Å². The number of aryl methyl sites for hydroxylation is 1. The molecule has 82 valence electrons. The van der Waals surface area contributed by atoms with Gasteiger partial charge in [-0.05, 0) is 37.6 Å². The molecule has 0 bridgehead atoms. The van der Waals surface area contributed by atoms with E-state index < -0.39 is 0 Å². The molecule has 0 N–H and O–H groups in total. The quantitative estimate of drug-likeness (QED) is 0.723. The van der Waals surface area contributed by atoms with E-state index in [-0.39, 0.29) is 11.6 Å². The summed E-state index contributed by atoms with van der Waals surface area (Å²) in [5.74, 6) is 0.206. The predicted molar refractivity (Wildman–Crippen MR) is 60.1 cm³/mol. The number of ether oxygens (including phenoxy) is 1. The molecule has 0 saturated carbocycles. The second kappa shape index (κ2) is 3.59. The highest BCUT2D eigenvalue weighted by atomic mass is 16.5. The van der Waals surface area contributed by atoms with Crippen molar-refractivity contribution in [3.05, 3.63) is 40.5 Å². The molecular formula is C13H12O3. The van der Waals surface area contributed by atoms with Gasteiger partial charge >= 0.3 is 0 Å². The summed E-state index contributed by atoms with van der Waals surface area (Å²) in [6, 6.07) is 3.49. The molecule has 1 aromatic carbocycles. The first kappa shape index (κ1) is 10.6. The number of benzene rings is 1. The molecule has 1 aromatic rings. The van der Waals surface area contributed by atoms with Gasteiger partial charge in [0.15, 0.2) is 11.6 Å². The summed E-state index contributed by atoms with van der Waals surface area (Å²) in [7, 11) is 1.50. The van der Waals surface area contributed by atoms with Crippen LogP contribution in [-0.2, 0) is 0 Å².